The fourth-order valence-corrected chi connectivity index (χ4v) is 2.76. The molecule has 142 valence electrons. The van der Waals surface area contributed by atoms with Crippen LogP contribution in [0.4, 0.5) is 0 Å². The lowest BCUT2D eigenvalue weighted by molar-refractivity contribution is -0.145. The summed E-state index contributed by atoms with van der Waals surface area (Å²) in [5.74, 6) is -0.169. The third kappa shape index (κ3) is 6.41. The number of benzene rings is 2. The van der Waals surface area contributed by atoms with Gasteiger partial charge in [-0.05, 0) is 41.2 Å². The Morgan fingerprint density at radius 1 is 1.00 bits per heavy atom. The monoisotopic (exact) mass is 366 g/mol. The number of ether oxygens (including phenoxy) is 2. The van der Waals surface area contributed by atoms with Gasteiger partial charge in [-0.1, -0.05) is 56.3 Å². The van der Waals surface area contributed by atoms with Crippen LogP contribution in [0.25, 0.3) is 0 Å². The van der Waals surface area contributed by atoms with Crippen LogP contribution in [0.2, 0.25) is 0 Å². The van der Waals surface area contributed by atoms with E-state index in [2.05, 4.69) is 20.4 Å². The van der Waals surface area contributed by atoms with Gasteiger partial charge in [0, 0.05) is 6.92 Å². The van der Waals surface area contributed by atoms with Crippen LogP contribution in [0.1, 0.15) is 43.4 Å². The summed E-state index contributed by atoms with van der Waals surface area (Å²) >= 11 is 0. The van der Waals surface area contributed by atoms with Crippen LogP contribution in [0.3, 0.4) is 0 Å². The Labute approximate surface area is 160 Å². The second-order valence-electron chi connectivity index (χ2n) is 6.90. The first-order valence-corrected chi connectivity index (χ1v) is 9.04. The van der Waals surface area contributed by atoms with Crippen molar-refractivity contribution < 1.29 is 19.1 Å². The highest BCUT2D eigenvalue weighted by Gasteiger charge is 2.19. The van der Waals surface area contributed by atoms with E-state index in [-0.39, 0.29) is 18.5 Å². The van der Waals surface area contributed by atoms with Crippen LogP contribution < -0.4 is 4.74 Å². The van der Waals surface area contributed by atoms with Crippen molar-refractivity contribution in [3.63, 3.8) is 0 Å². The standard InChI is InChI=1S/C23H26O4/c1-5-22(20-10-6-18(7-11-20)14-16(2)3)23(25)26-15-19-8-12-21(13-9-19)27-17(4)24/h5-13,16,22H,1,14-15H2,2-4H3. The van der Waals surface area contributed by atoms with Crippen molar-refractivity contribution in [1.29, 1.82) is 0 Å². The molecule has 4 nitrogen and oxygen atoms in total. The van der Waals surface area contributed by atoms with Gasteiger partial charge in [-0.2, -0.15) is 0 Å². The molecule has 0 heterocycles. The number of hydrogen-bond donors (Lipinski definition) is 0. The lowest BCUT2D eigenvalue weighted by Crippen LogP contribution is -2.14. The van der Waals surface area contributed by atoms with Gasteiger partial charge in [0.1, 0.15) is 12.4 Å². The topological polar surface area (TPSA) is 52.6 Å². The maximum atomic E-state index is 12.5. The minimum Gasteiger partial charge on any atom is -0.460 e. The molecule has 0 radical (unpaired) electrons. The van der Waals surface area contributed by atoms with E-state index >= 15 is 0 Å². The molecular formula is C23H26O4. The molecule has 0 aromatic heterocycles. The molecule has 1 atom stereocenters. The number of hydrogen-bond acceptors (Lipinski definition) is 4. The van der Waals surface area contributed by atoms with Crippen LogP contribution >= 0.6 is 0 Å². The van der Waals surface area contributed by atoms with Crippen molar-refractivity contribution in [3.8, 4) is 5.75 Å². The van der Waals surface area contributed by atoms with Gasteiger partial charge >= 0.3 is 11.9 Å². The summed E-state index contributed by atoms with van der Waals surface area (Å²) in [6, 6.07) is 14.9. The Morgan fingerprint density at radius 3 is 2.11 bits per heavy atom. The Bertz CT molecular complexity index is 773. The molecule has 2 aromatic carbocycles. The van der Waals surface area contributed by atoms with Gasteiger partial charge in [0.15, 0.2) is 0 Å². The zero-order valence-corrected chi connectivity index (χ0v) is 16.1. The molecule has 0 saturated carbocycles. The predicted molar refractivity (Wildman–Crippen MR) is 105 cm³/mol. The molecule has 2 rings (SSSR count). The van der Waals surface area contributed by atoms with Gasteiger partial charge < -0.3 is 9.47 Å². The summed E-state index contributed by atoms with van der Waals surface area (Å²) in [5, 5.41) is 0. The van der Waals surface area contributed by atoms with Gasteiger partial charge in [-0.3, -0.25) is 9.59 Å². The number of esters is 2. The van der Waals surface area contributed by atoms with E-state index < -0.39 is 5.92 Å². The maximum Gasteiger partial charge on any atom is 0.317 e. The summed E-state index contributed by atoms with van der Waals surface area (Å²) in [5.41, 5.74) is 2.93. The summed E-state index contributed by atoms with van der Waals surface area (Å²) in [6.07, 6.45) is 2.61. The number of carbonyl (C=O) groups is 2. The van der Waals surface area contributed by atoms with E-state index in [4.69, 9.17) is 9.47 Å². The highest BCUT2D eigenvalue weighted by atomic mass is 16.5. The van der Waals surface area contributed by atoms with E-state index in [0.29, 0.717) is 11.7 Å². The second-order valence-corrected chi connectivity index (χ2v) is 6.90. The van der Waals surface area contributed by atoms with Crippen LogP contribution in [-0.2, 0) is 27.4 Å². The van der Waals surface area contributed by atoms with Gasteiger partial charge in [-0.25, -0.2) is 0 Å². The van der Waals surface area contributed by atoms with Crippen LogP contribution in [0, 0.1) is 5.92 Å². The highest BCUT2D eigenvalue weighted by molar-refractivity contribution is 5.80. The summed E-state index contributed by atoms with van der Waals surface area (Å²) in [7, 11) is 0. The van der Waals surface area contributed by atoms with E-state index in [0.717, 1.165) is 17.5 Å². The zero-order chi connectivity index (χ0) is 19.8. The average molecular weight is 366 g/mol. The van der Waals surface area contributed by atoms with Crippen LogP contribution in [0.15, 0.2) is 61.2 Å². The molecule has 1 unspecified atom stereocenters. The summed E-state index contributed by atoms with van der Waals surface area (Å²) in [4.78, 5) is 23.4. The van der Waals surface area contributed by atoms with E-state index in [1.165, 1.54) is 12.5 Å². The molecule has 4 heteroatoms. The summed E-state index contributed by atoms with van der Waals surface area (Å²) < 4.78 is 10.4. The molecule has 0 aliphatic carbocycles. The lowest BCUT2D eigenvalue weighted by Gasteiger charge is -2.14. The number of rotatable bonds is 8. The molecule has 0 amide bonds. The van der Waals surface area contributed by atoms with Crippen molar-refractivity contribution in [2.24, 2.45) is 5.92 Å². The Balaban J connectivity index is 1.96. The molecule has 27 heavy (non-hydrogen) atoms. The smallest absolute Gasteiger partial charge is 0.317 e. The predicted octanol–water partition coefficient (Wildman–Crippen LogP) is 4.82. The SMILES string of the molecule is C=CC(C(=O)OCc1ccc(OC(C)=O)cc1)c1ccc(CC(C)C)cc1. The first kappa shape index (κ1) is 20.4. The summed E-state index contributed by atoms with van der Waals surface area (Å²) in [6.45, 7) is 9.62. The third-order valence-corrected chi connectivity index (χ3v) is 4.04. The maximum absolute atomic E-state index is 12.5. The number of carbonyl (C=O) groups excluding carboxylic acids is 2. The largest absolute Gasteiger partial charge is 0.460 e. The quantitative estimate of drug-likeness (QED) is 0.382. The van der Waals surface area contributed by atoms with Crippen molar-refractivity contribution in [2.45, 2.75) is 39.7 Å². The molecule has 0 spiro atoms. The van der Waals surface area contributed by atoms with Crippen LogP contribution in [0.5, 0.6) is 5.75 Å². The molecule has 2 aromatic rings. The zero-order valence-electron chi connectivity index (χ0n) is 16.1. The molecule has 0 saturated heterocycles. The van der Waals surface area contributed by atoms with Gasteiger partial charge in [0.2, 0.25) is 0 Å². The minimum absolute atomic E-state index is 0.148. The second kappa shape index (κ2) is 9.72. The first-order chi connectivity index (χ1) is 12.9. The van der Waals surface area contributed by atoms with E-state index in [1.807, 2.05) is 24.3 Å². The lowest BCUT2D eigenvalue weighted by atomic mass is 9.96. The first-order valence-electron chi connectivity index (χ1n) is 9.04. The molecular weight excluding hydrogens is 340 g/mol. The van der Waals surface area contributed by atoms with E-state index in [1.54, 1.807) is 30.3 Å². The van der Waals surface area contributed by atoms with Crippen molar-refractivity contribution in [2.75, 3.05) is 0 Å². The van der Waals surface area contributed by atoms with Gasteiger partial charge in [0.05, 0.1) is 5.92 Å². The van der Waals surface area contributed by atoms with Crippen LogP contribution in [-0.4, -0.2) is 11.9 Å². The third-order valence-electron chi connectivity index (χ3n) is 4.04. The Hall–Kier alpha value is -2.88. The Kier molecular flexibility index (Phi) is 7.35. The average Bonchev–Trinajstić information content (AvgIpc) is 2.62. The minimum atomic E-state index is -0.501. The van der Waals surface area contributed by atoms with E-state index in [9.17, 15) is 9.59 Å². The normalized spacial score (nSPS) is 11.7. The van der Waals surface area contributed by atoms with Crippen molar-refractivity contribution in [3.05, 3.63) is 77.9 Å². The van der Waals surface area contributed by atoms with Crippen molar-refractivity contribution >= 4 is 11.9 Å². The molecule has 0 aliphatic heterocycles. The van der Waals surface area contributed by atoms with Gasteiger partial charge in [-0.15, -0.1) is 6.58 Å². The van der Waals surface area contributed by atoms with Crippen molar-refractivity contribution in [1.82, 2.24) is 0 Å². The fraction of sp³-hybridized carbons (Fsp3) is 0.304. The molecule has 0 bridgehead atoms. The highest BCUT2D eigenvalue weighted by Crippen LogP contribution is 2.21. The molecule has 0 fully saturated rings. The molecule has 0 N–H and O–H groups in total. The van der Waals surface area contributed by atoms with Gasteiger partial charge in [0.25, 0.3) is 0 Å². The Morgan fingerprint density at radius 2 is 1.59 bits per heavy atom. The molecule has 0 aliphatic rings. The fourth-order valence-electron chi connectivity index (χ4n) is 2.76.